The van der Waals surface area contributed by atoms with E-state index in [1.165, 1.54) is 0 Å². The van der Waals surface area contributed by atoms with Crippen molar-refractivity contribution in [3.63, 3.8) is 0 Å². The van der Waals surface area contributed by atoms with Gasteiger partial charge in [-0.1, -0.05) is 42.5 Å². The average molecular weight is 243 g/mol. The first-order valence-corrected chi connectivity index (χ1v) is 5.62. The van der Waals surface area contributed by atoms with Crippen LogP contribution in [0.25, 0.3) is 10.8 Å². The van der Waals surface area contributed by atoms with Gasteiger partial charge in [0.1, 0.15) is 6.42 Å². The molecule has 92 valence electrons. The first kappa shape index (κ1) is 12.1. The minimum Gasteiger partial charge on any atom is -0.481 e. The largest absolute Gasteiger partial charge is 0.481 e. The van der Waals surface area contributed by atoms with Gasteiger partial charge in [-0.2, -0.15) is 0 Å². The minimum absolute atomic E-state index is 0.341. The third kappa shape index (κ3) is 2.85. The molecule has 0 aliphatic rings. The monoisotopic (exact) mass is 243 g/mol. The fraction of sp³-hybridized carbons (Fsp3) is 0.143. The number of benzene rings is 2. The number of carboxylic acids is 1. The standard InChI is InChI=1S/C14H13NO3/c16-13(8-14(17)18)15-9-11-6-3-5-10-4-1-2-7-12(10)11/h1-7H,8-9H2,(H,15,16)(H,17,18). The Labute approximate surface area is 104 Å². The maximum absolute atomic E-state index is 11.3. The molecule has 0 unspecified atom stereocenters. The van der Waals surface area contributed by atoms with Crippen molar-refractivity contribution in [3.8, 4) is 0 Å². The van der Waals surface area contributed by atoms with Crippen LogP contribution in [0.4, 0.5) is 0 Å². The van der Waals surface area contributed by atoms with E-state index >= 15 is 0 Å². The Morgan fingerprint density at radius 3 is 2.56 bits per heavy atom. The summed E-state index contributed by atoms with van der Waals surface area (Å²) >= 11 is 0. The molecule has 0 radical (unpaired) electrons. The summed E-state index contributed by atoms with van der Waals surface area (Å²) in [6.45, 7) is 0.341. The van der Waals surface area contributed by atoms with Crippen molar-refractivity contribution in [2.45, 2.75) is 13.0 Å². The Morgan fingerprint density at radius 2 is 1.78 bits per heavy atom. The summed E-state index contributed by atoms with van der Waals surface area (Å²) in [6.07, 6.45) is -0.495. The lowest BCUT2D eigenvalue weighted by molar-refractivity contribution is -0.140. The lowest BCUT2D eigenvalue weighted by Crippen LogP contribution is -2.25. The van der Waals surface area contributed by atoms with Gasteiger partial charge in [0, 0.05) is 6.54 Å². The first-order valence-electron chi connectivity index (χ1n) is 5.62. The van der Waals surface area contributed by atoms with E-state index in [0.717, 1.165) is 16.3 Å². The summed E-state index contributed by atoms with van der Waals surface area (Å²) in [6, 6.07) is 13.7. The summed E-state index contributed by atoms with van der Waals surface area (Å²) in [5.41, 5.74) is 0.979. The highest BCUT2D eigenvalue weighted by atomic mass is 16.4. The van der Waals surface area contributed by atoms with Crippen molar-refractivity contribution in [3.05, 3.63) is 48.0 Å². The number of carboxylic acid groups (broad SMARTS) is 1. The molecule has 2 N–H and O–H groups in total. The molecule has 0 bridgehead atoms. The molecule has 1 amide bonds. The molecule has 0 fully saturated rings. The summed E-state index contributed by atoms with van der Waals surface area (Å²) in [4.78, 5) is 21.6. The van der Waals surface area contributed by atoms with Gasteiger partial charge in [-0.25, -0.2) is 0 Å². The number of hydrogen-bond donors (Lipinski definition) is 2. The van der Waals surface area contributed by atoms with Gasteiger partial charge in [-0.3, -0.25) is 9.59 Å². The molecule has 4 heteroatoms. The third-order valence-electron chi connectivity index (χ3n) is 2.67. The second kappa shape index (κ2) is 5.31. The van der Waals surface area contributed by atoms with Crippen molar-refractivity contribution in [1.82, 2.24) is 5.32 Å². The zero-order chi connectivity index (χ0) is 13.0. The molecule has 2 rings (SSSR count). The summed E-state index contributed by atoms with van der Waals surface area (Å²) in [5, 5.41) is 13.3. The number of nitrogens with one attached hydrogen (secondary N) is 1. The number of rotatable bonds is 4. The van der Waals surface area contributed by atoms with Crippen LogP contribution >= 0.6 is 0 Å². The Hall–Kier alpha value is -2.36. The lowest BCUT2D eigenvalue weighted by atomic mass is 10.0. The topological polar surface area (TPSA) is 66.4 Å². The lowest BCUT2D eigenvalue weighted by Gasteiger charge is -2.07. The quantitative estimate of drug-likeness (QED) is 0.806. The molecule has 0 aromatic heterocycles. The van der Waals surface area contributed by atoms with E-state index in [0.29, 0.717) is 6.54 Å². The van der Waals surface area contributed by atoms with Gasteiger partial charge in [-0.05, 0) is 16.3 Å². The van der Waals surface area contributed by atoms with Crippen LogP contribution in [0.3, 0.4) is 0 Å². The van der Waals surface area contributed by atoms with Gasteiger partial charge >= 0.3 is 5.97 Å². The van der Waals surface area contributed by atoms with E-state index in [1.54, 1.807) is 0 Å². The highest BCUT2D eigenvalue weighted by molar-refractivity contribution is 5.93. The van der Waals surface area contributed by atoms with Gasteiger partial charge in [0.25, 0.3) is 0 Å². The second-order valence-electron chi connectivity index (χ2n) is 3.99. The van der Waals surface area contributed by atoms with Crippen molar-refractivity contribution in [2.75, 3.05) is 0 Å². The molecule has 0 saturated carbocycles. The molecule has 2 aromatic rings. The Kier molecular flexibility index (Phi) is 3.57. The van der Waals surface area contributed by atoms with Crippen LogP contribution in [-0.2, 0) is 16.1 Å². The highest BCUT2D eigenvalue weighted by Gasteiger charge is 2.07. The molecular formula is C14H13NO3. The predicted octanol–water partition coefficient (Wildman–Crippen LogP) is 1.93. The number of amides is 1. The van der Waals surface area contributed by atoms with Crippen LogP contribution in [0.15, 0.2) is 42.5 Å². The fourth-order valence-corrected chi connectivity index (χ4v) is 1.84. The van der Waals surface area contributed by atoms with Gasteiger partial charge in [0.2, 0.25) is 5.91 Å². The summed E-state index contributed by atoms with van der Waals surface area (Å²) in [5.74, 6) is -1.60. The Balaban J connectivity index is 2.12. The molecular weight excluding hydrogens is 230 g/mol. The maximum Gasteiger partial charge on any atom is 0.312 e. The van der Waals surface area contributed by atoms with Crippen molar-refractivity contribution in [1.29, 1.82) is 0 Å². The van der Waals surface area contributed by atoms with Crippen LogP contribution in [0.1, 0.15) is 12.0 Å². The molecule has 2 aromatic carbocycles. The Bertz CT molecular complexity index is 587. The molecule has 0 aliphatic carbocycles. The number of carbonyl (C=O) groups excluding carboxylic acids is 1. The molecule has 0 saturated heterocycles. The molecule has 0 heterocycles. The van der Waals surface area contributed by atoms with E-state index in [9.17, 15) is 9.59 Å². The summed E-state index contributed by atoms with van der Waals surface area (Å²) in [7, 11) is 0. The van der Waals surface area contributed by atoms with E-state index < -0.39 is 18.3 Å². The van der Waals surface area contributed by atoms with Crippen LogP contribution in [-0.4, -0.2) is 17.0 Å². The molecule has 0 aliphatic heterocycles. The van der Waals surface area contributed by atoms with Gasteiger partial charge in [-0.15, -0.1) is 0 Å². The van der Waals surface area contributed by atoms with Gasteiger partial charge in [0.15, 0.2) is 0 Å². The van der Waals surface area contributed by atoms with Gasteiger partial charge < -0.3 is 10.4 Å². The second-order valence-corrected chi connectivity index (χ2v) is 3.99. The number of hydrogen-bond acceptors (Lipinski definition) is 2. The average Bonchev–Trinajstić information content (AvgIpc) is 2.35. The molecule has 0 atom stereocenters. The molecule has 4 nitrogen and oxygen atoms in total. The van der Waals surface area contributed by atoms with Crippen molar-refractivity contribution < 1.29 is 14.7 Å². The van der Waals surface area contributed by atoms with E-state index in [-0.39, 0.29) is 0 Å². The van der Waals surface area contributed by atoms with Crippen LogP contribution in [0.2, 0.25) is 0 Å². The zero-order valence-corrected chi connectivity index (χ0v) is 9.72. The Morgan fingerprint density at radius 1 is 1.06 bits per heavy atom. The number of fused-ring (bicyclic) bond motifs is 1. The number of aliphatic carboxylic acids is 1. The van der Waals surface area contributed by atoms with Crippen LogP contribution in [0, 0.1) is 0 Å². The van der Waals surface area contributed by atoms with Crippen LogP contribution in [0.5, 0.6) is 0 Å². The molecule has 18 heavy (non-hydrogen) atoms. The van der Waals surface area contributed by atoms with Gasteiger partial charge in [0.05, 0.1) is 0 Å². The zero-order valence-electron chi connectivity index (χ0n) is 9.72. The maximum atomic E-state index is 11.3. The van der Waals surface area contributed by atoms with E-state index in [4.69, 9.17) is 5.11 Å². The summed E-state index contributed by atoms with van der Waals surface area (Å²) < 4.78 is 0. The first-order chi connectivity index (χ1) is 8.66. The smallest absolute Gasteiger partial charge is 0.312 e. The van der Waals surface area contributed by atoms with E-state index in [1.807, 2.05) is 42.5 Å². The number of carbonyl (C=O) groups is 2. The van der Waals surface area contributed by atoms with E-state index in [2.05, 4.69) is 5.32 Å². The predicted molar refractivity (Wildman–Crippen MR) is 68.0 cm³/mol. The third-order valence-corrected chi connectivity index (χ3v) is 2.67. The highest BCUT2D eigenvalue weighted by Crippen LogP contribution is 2.18. The van der Waals surface area contributed by atoms with Crippen molar-refractivity contribution >= 4 is 22.6 Å². The fourth-order valence-electron chi connectivity index (χ4n) is 1.84. The van der Waals surface area contributed by atoms with Crippen molar-refractivity contribution in [2.24, 2.45) is 0 Å². The van der Waals surface area contributed by atoms with Crippen LogP contribution < -0.4 is 5.32 Å². The molecule has 0 spiro atoms. The SMILES string of the molecule is O=C(O)CC(=O)NCc1cccc2ccccc12. The minimum atomic E-state index is -1.12. The normalized spacial score (nSPS) is 10.2.